The molecule has 1 N–H and O–H groups in total. The van der Waals surface area contributed by atoms with E-state index in [-0.39, 0.29) is 0 Å². The Kier molecular flexibility index (Phi) is 5.77. The zero-order chi connectivity index (χ0) is 15.1. The Balaban J connectivity index is 1.92. The van der Waals surface area contributed by atoms with E-state index < -0.39 is 0 Å². The first kappa shape index (κ1) is 15.5. The van der Waals surface area contributed by atoms with Crippen LogP contribution in [0.3, 0.4) is 0 Å². The molecule has 0 aliphatic carbocycles. The number of ether oxygens (including phenoxy) is 1. The van der Waals surface area contributed by atoms with Crippen molar-refractivity contribution in [2.75, 3.05) is 7.11 Å². The summed E-state index contributed by atoms with van der Waals surface area (Å²) in [5.41, 5.74) is 3.93. The molecule has 0 heterocycles. The number of hydrogen-bond donors (Lipinski definition) is 1. The van der Waals surface area contributed by atoms with Gasteiger partial charge in [0.15, 0.2) is 0 Å². The van der Waals surface area contributed by atoms with Gasteiger partial charge < -0.3 is 10.1 Å². The molecular formula is C17H17ClN2O. The number of halogens is 1. The lowest BCUT2D eigenvalue weighted by Gasteiger charge is -2.08. The van der Waals surface area contributed by atoms with Gasteiger partial charge in [0.05, 0.1) is 18.2 Å². The first-order valence-electron chi connectivity index (χ1n) is 6.69. The Bertz CT molecular complexity index is 649. The molecule has 2 aromatic rings. The SMILES string of the molecule is COCc1cccc(CNCc2ccc(C#N)cc2Cl)c1. The molecule has 0 saturated heterocycles. The normalized spacial score (nSPS) is 10.3. The van der Waals surface area contributed by atoms with Crippen molar-refractivity contribution < 1.29 is 4.74 Å². The third kappa shape index (κ3) is 4.57. The van der Waals surface area contributed by atoms with Crippen molar-refractivity contribution in [2.24, 2.45) is 0 Å². The first-order valence-corrected chi connectivity index (χ1v) is 7.06. The highest BCUT2D eigenvalue weighted by Crippen LogP contribution is 2.17. The molecule has 2 rings (SSSR count). The Morgan fingerprint density at radius 2 is 1.95 bits per heavy atom. The van der Waals surface area contributed by atoms with E-state index >= 15 is 0 Å². The van der Waals surface area contributed by atoms with Crippen molar-refractivity contribution in [1.82, 2.24) is 5.32 Å². The van der Waals surface area contributed by atoms with Gasteiger partial charge in [-0.15, -0.1) is 0 Å². The van der Waals surface area contributed by atoms with Gasteiger partial charge in [-0.25, -0.2) is 0 Å². The molecule has 0 aliphatic heterocycles. The summed E-state index contributed by atoms with van der Waals surface area (Å²) in [6, 6.07) is 15.7. The molecule has 108 valence electrons. The van der Waals surface area contributed by atoms with Crippen LogP contribution in [0.4, 0.5) is 0 Å². The molecular weight excluding hydrogens is 284 g/mol. The standard InChI is InChI=1S/C17H17ClN2O/c1-21-12-15-4-2-3-14(7-15)10-20-11-16-6-5-13(9-19)8-17(16)18/h2-8,20H,10-12H2,1H3. The summed E-state index contributed by atoms with van der Waals surface area (Å²) in [4.78, 5) is 0. The molecule has 0 atom stereocenters. The van der Waals surface area contributed by atoms with E-state index in [9.17, 15) is 0 Å². The van der Waals surface area contributed by atoms with Crippen LogP contribution in [-0.2, 0) is 24.4 Å². The third-order valence-corrected chi connectivity index (χ3v) is 3.48. The lowest BCUT2D eigenvalue weighted by atomic mass is 10.1. The molecule has 0 unspecified atom stereocenters. The molecule has 0 fully saturated rings. The highest BCUT2D eigenvalue weighted by atomic mass is 35.5. The summed E-state index contributed by atoms with van der Waals surface area (Å²) in [5.74, 6) is 0. The number of nitriles is 1. The molecule has 0 spiro atoms. The summed E-state index contributed by atoms with van der Waals surface area (Å²) in [6.45, 7) is 2.04. The largest absolute Gasteiger partial charge is 0.380 e. The van der Waals surface area contributed by atoms with Crippen molar-refractivity contribution in [3.63, 3.8) is 0 Å². The van der Waals surface area contributed by atoms with Crippen LogP contribution < -0.4 is 5.32 Å². The number of rotatable bonds is 6. The molecule has 0 amide bonds. The van der Waals surface area contributed by atoms with E-state index in [1.165, 1.54) is 5.56 Å². The Hall–Kier alpha value is -1.86. The fourth-order valence-corrected chi connectivity index (χ4v) is 2.35. The Labute approximate surface area is 130 Å². The van der Waals surface area contributed by atoms with Crippen LogP contribution in [0.2, 0.25) is 5.02 Å². The minimum Gasteiger partial charge on any atom is -0.380 e. The van der Waals surface area contributed by atoms with E-state index in [4.69, 9.17) is 21.6 Å². The average molecular weight is 301 g/mol. The molecule has 0 aliphatic rings. The van der Waals surface area contributed by atoms with Gasteiger partial charge in [0, 0.05) is 25.2 Å². The second-order valence-corrected chi connectivity index (χ2v) is 5.18. The molecule has 4 heteroatoms. The second-order valence-electron chi connectivity index (χ2n) is 4.77. The molecule has 21 heavy (non-hydrogen) atoms. The van der Waals surface area contributed by atoms with E-state index in [0.29, 0.717) is 23.7 Å². The second kappa shape index (κ2) is 7.80. The van der Waals surface area contributed by atoms with Crippen LogP contribution in [-0.4, -0.2) is 7.11 Å². The van der Waals surface area contributed by atoms with Crippen molar-refractivity contribution in [3.8, 4) is 6.07 Å². The number of hydrogen-bond acceptors (Lipinski definition) is 3. The van der Waals surface area contributed by atoms with Crippen LogP contribution >= 0.6 is 11.6 Å². The van der Waals surface area contributed by atoms with E-state index in [1.54, 1.807) is 19.2 Å². The van der Waals surface area contributed by atoms with Gasteiger partial charge >= 0.3 is 0 Å². The predicted molar refractivity (Wildman–Crippen MR) is 83.9 cm³/mol. The Morgan fingerprint density at radius 3 is 2.67 bits per heavy atom. The summed E-state index contributed by atoms with van der Waals surface area (Å²) >= 11 is 6.15. The van der Waals surface area contributed by atoms with Crippen LogP contribution in [0, 0.1) is 11.3 Å². The van der Waals surface area contributed by atoms with Gasteiger partial charge in [-0.05, 0) is 28.8 Å². The van der Waals surface area contributed by atoms with E-state index in [1.807, 2.05) is 18.2 Å². The van der Waals surface area contributed by atoms with E-state index in [0.717, 1.165) is 17.7 Å². The van der Waals surface area contributed by atoms with Crippen LogP contribution in [0.5, 0.6) is 0 Å². The zero-order valence-electron chi connectivity index (χ0n) is 11.9. The fourth-order valence-electron chi connectivity index (χ4n) is 2.10. The van der Waals surface area contributed by atoms with Gasteiger partial charge in [-0.3, -0.25) is 0 Å². The maximum Gasteiger partial charge on any atom is 0.0992 e. The van der Waals surface area contributed by atoms with Crippen LogP contribution in [0.15, 0.2) is 42.5 Å². The highest BCUT2D eigenvalue weighted by molar-refractivity contribution is 6.31. The molecule has 3 nitrogen and oxygen atoms in total. The maximum absolute atomic E-state index is 8.81. The van der Waals surface area contributed by atoms with Gasteiger partial charge in [0.1, 0.15) is 0 Å². The summed E-state index contributed by atoms with van der Waals surface area (Å²) in [6.07, 6.45) is 0. The van der Waals surface area contributed by atoms with Gasteiger partial charge in [-0.1, -0.05) is 41.9 Å². The number of nitrogens with one attached hydrogen (secondary N) is 1. The average Bonchev–Trinajstić information content (AvgIpc) is 2.49. The maximum atomic E-state index is 8.81. The van der Waals surface area contributed by atoms with Crippen LogP contribution in [0.1, 0.15) is 22.3 Å². The molecule has 0 saturated carbocycles. The number of benzene rings is 2. The summed E-state index contributed by atoms with van der Waals surface area (Å²) in [5, 5.41) is 12.8. The quantitative estimate of drug-likeness (QED) is 0.885. The van der Waals surface area contributed by atoms with Crippen molar-refractivity contribution in [2.45, 2.75) is 19.7 Å². The molecule has 0 radical (unpaired) electrons. The van der Waals surface area contributed by atoms with E-state index in [2.05, 4.69) is 23.5 Å². The van der Waals surface area contributed by atoms with Crippen LogP contribution in [0.25, 0.3) is 0 Å². The minimum atomic E-state index is 0.580. The number of nitrogens with zero attached hydrogens (tertiary/aromatic N) is 1. The zero-order valence-corrected chi connectivity index (χ0v) is 12.7. The topological polar surface area (TPSA) is 45.0 Å². The monoisotopic (exact) mass is 300 g/mol. The molecule has 0 bridgehead atoms. The van der Waals surface area contributed by atoms with Gasteiger partial charge in [-0.2, -0.15) is 5.26 Å². The lowest BCUT2D eigenvalue weighted by molar-refractivity contribution is 0.185. The predicted octanol–water partition coefficient (Wildman–Crippen LogP) is 3.65. The molecule has 2 aromatic carbocycles. The van der Waals surface area contributed by atoms with Gasteiger partial charge in [0.25, 0.3) is 0 Å². The van der Waals surface area contributed by atoms with Gasteiger partial charge in [0.2, 0.25) is 0 Å². The minimum absolute atomic E-state index is 0.580. The number of methoxy groups -OCH3 is 1. The Morgan fingerprint density at radius 1 is 1.14 bits per heavy atom. The van der Waals surface area contributed by atoms with Crippen molar-refractivity contribution in [1.29, 1.82) is 5.26 Å². The molecule has 0 aromatic heterocycles. The fraction of sp³-hybridized carbons (Fsp3) is 0.235. The smallest absolute Gasteiger partial charge is 0.0992 e. The van der Waals surface area contributed by atoms with Crippen molar-refractivity contribution in [3.05, 3.63) is 69.7 Å². The van der Waals surface area contributed by atoms with Crippen molar-refractivity contribution >= 4 is 11.6 Å². The lowest BCUT2D eigenvalue weighted by Crippen LogP contribution is -2.13. The summed E-state index contributed by atoms with van der Waals surface area (Å²) < 4.78 is 5.13. The third-order valence-electron chi connectivity index (χ3n) is 3.13. The first-order chi connectivity index (χ1) is 10.2. The summed E-state index contributed by atoms with van der Waals surface area (Å²) in [7, 11) is 1.69. The highest BCUT2D eigenvalue weighted by Gasteiger charge is 2.02.